The molecule has 0 atom stereocenters. The normalized spacial score (nSPS) is 17.8. The van der Waals surface area contributed by atoms with Crippen LogP contribution in [0, 0.1) is 0 Å². The van der Waals surface area contributed by atoms with Crippen molar-refractivity contribution < 1.29 is 8.42 Å². The fourth-order valence-corrected chi connectivity index (χ4v) is 5.92. The summed E-state index contributed by atoms with van der Waals surface area (Å²) in [5.74, 6) is 0.200. The minimum absolute atomic E-state index is 0.200. The van der Waals surface area contributed by atoms with Gasteiger partial charge < -0.3 is 4.90 Å². The van der Waals surface area contributed by atoms with Crippen LogP contribution in [0.2, 0.25) is 5.02 Å². The first-order valence-electron chi connectivity index (χ1n) is 9.85. The molecule has 1 fully saturated rings. The quantitative estimate of drug-likeness (QED) is 0.721. The second-order valence-electron chi connectivity index (χ2n) is 7.40. The molecule has 2 aliphatic rings. The molecule has 2 aromatic rings. The van der Waals surface area contributed by atoms with Gasteiger partial charge in [-0.2, -0.15) is 0 Å². The third-order valence-electron chi connectivity index (χ3n) is 5.62. The lowest BCUT2D eigenvalue weighted by molar-refractivity contribution is 0.259. The van der Waals surface area contributed by atoms with Gasteiger partial charge in [-0.05, 0) is 43.1 Å². The summed E-state index contributed by atoms with van der Waals surface area (Å²) >= 11 is 6.30. The highest BCUT2D eigenvalue weighted by atomic mass is 35.5. The first-order valence-corrected chi connectivity index (χ1v) is 11.8. The molecule has 0 unspecified atom stereocenters. The second-order valence-corrected chi connectivity index (χ2v) is 9.82. The lowest BCUT2D eigenvalue weighted by Gasteiger charge is -2.36. The maximum Gasteiger partial charge on any atom is 0.235 e. The topological polar surface area (TPSA) is 43.9 Å². The summed E-state index contributed by atoms with van der Waals surface area (Å²) in [6.45, 7) is 5.06. The minimum Gasteiger partial charge on any atom is -0.368 e. The van der Waals surface area contributed by atoms with E-state index >= 15 is 0 Å². The molecule has 0 spiro atoms. The molecule has 0 bridgehead atoms. The molecule has 2 heterocycles. The van der Waals surface area contributed by atoms with Gasteiger partial charge >= 0.3 is 0 Å². The third-order valence-corrected chi connectivity index (χ3v) is 7.80. The van der Waals surface area contributed by atoms with Crippen LogP contribution in [0.3, 0.4) is 0 Å². The largest absolute Gasteiger partial charge is 0.368 e. The first-order chi connectivity index (χ1) is 13.5. The third kappa shape index (κ3) is 4.14. The van der Waals surface area contributed by atoms with Gasteiger partial charge in [0.2, 0.25) is 10.0 Å². The van der Waals surface area contributed by atoms with Gasteiger partial charge in [0.15, 0.2) is 0 Å². The van der Waals surface area contributed by atoms with Crippen LogP contribution in [0.1, 0.15) is 12.0 Å². The van der Waals surface area contributed by atoms with Gasteiger partial charge in [-0.1, -0.05) is 41.9 Å². The molecule has 28 heavy (non-hydrogen) atoms. The zero-order valence-corrected chi connectivity index (χ0v) is 17.5. The van der Waals surface area contributed by atoms with Crippen molar-refractivity contribution in [3.05, 3.63) is 59.1 Å². The lowest BCUT2D eigenvalue weighted by atomic mass is 10.2. The van der Waals surface area contributed by atoms with Crippen molar-refractivity contribution in [1.82, 2.24) is 4.90 Å². The van der Waals surface area contributed by atoms with Crippen molar-refractivity contribution >= 4 is 33.0 Å². The standard InChI is InChI=1S/C21H26ClN3O2S/c22-19-7-2-4-9-21(19)24-15-13-23(14-16-24)11-5-17-28(26,27)25-12-10-18-6-1-3-8-20(18)25/h1-4,6-9H,5,10-17H2. The molecule has 5 nitrogen and oxygen atoms in total. The van der Waals surface area contributed by atoms with Crippen LogP contribution in [0.15, 0.2) is 48.5 Å². The SMILES string of the molecule is O=S(=O)(CCCN1CCN(c2ccccc2Cl)CC1)N1CCc2ccccc21. The van der Waals surface area contributed by atoms with E-state index in [1.54, 1.807) is 4.31 Å². The van der Waals surface area contributed by atoms with E-state index in [1.807, 2.05) is 42.5 Å². The highest BCUT2D eigenvalue weighted by Gasteiger charge is 2.29. The average Bonchev–Trinajstić information content (AvgIpc) is 3.14. The van der Waals surface area contributed by atoms with E-state index < -0.39 is 10.0 Å². The van der Waals surface area contributed by atoms with Gasteiger partial charge in [0.05, 0.1) is 22.2 Å². The predicted octanol–water partition coefficient (Wildman–Crippen LogP) is 3.24. The summed E-state index contributed by atoms with van der Waals surface area (Å²) in [5.41, 5.74) is 3.07. The van der Waals surface area contributed by atoms with E-state index in [0.717, 1.165) is 61.1 Å². The summed E-state index contributed by atoms with van der Waals surface area (Å²) < 4.78 is 27.2. The molecule has 4 rings (SSSR count). The van der Waals surface area contributed by atoms with Crippen LogP contribution in [-0.4, -0.2) is 58.3 Å². The van der Waals surface area contributed by atoms with E-state index in [2.05, 4.69) is 15.9 Å². The minimum atomic E-state index is -3.25. The van der Waals surface area contributed by atoms with Gasteiger partial charge in [-0.25, -0.2) is 8.42 Å². The number of fused-ring (bicyclic) bond motifs is 1. The second kappa shape index (κ2) is 8.31. The molecule has 150 valence electrons. The average molecular weight is 420 g/mol. The number of sulfonamides is 1. The van der Waals surface area contributed by atoms with Gasteiger partial charge in [0.1, 0.15) is 0 Å². The number of para-hydroxylation sites is 2. The Labute approximate surface area is 172 Å². The summed E-state index contributed by atoms with van der Waals surface area (Å²) in [5, 5.41) is 0.785. The van der Waals surface area contributed by atoms with Crippen LogP contribution < -0.4 is 9.21 Å². The highest BCUT2D eigenvalue weighted by molar-refractivity contribution is 7.92. The summed E-state index contributed by atoms with van der Waals surface area (Å²) in [6.07, 6.45) is 1.46. The van der Waals surface area contributed by atoms with E-state index in [-0.39, 0.29) is 5.75 Å². The lowest BCUT2D eigenvalue weighted by Crippen LogP contribution is -2.47. The first kappa shape index (κ1) is 19.6. The van der Waals surface area contributed by atoms with Crippen LogP contribution >= 0.6 is 11.6 Å². The monoisotopic (exact) mass is 419 g/mol. The summed E-state index contributed by atoms with van der Waals surface area (Å²) in [7, 11) is -3.25. The Morgan fingerprint density at radius 3 is 2.29 bits per heavy atom. The van der Waals surface area contributed by atoms with Crippen LogP contribution in [0.4, 0.5) is 11.4 Å². The molecular weight excluding hydrogens is 394 g/mol. The molecule has 0 amide bonds. The van der Waals surface area contributed by atoms with Crippen molar-refractivity contribution in [1.29, 1.82) is 0 Å². The predicted molar refractivity (Wildman–Crippen MR) is 116 cm³/mol. The number of anilines is 2. The Morgan fingerprint density at radius 1 is 0.857 bits per heavy atom. The van der Waals surface area contributed by atoms with Crippen molar-refractivity contribution in [3.8, 4) is 0 Å². The Kier molecular flexibility index (Phi) is 5.80. The number of piperazine rings is 1. The number of rotatable bonds is 6. The van der Waals surface area contributed by atoms with E-state index in [1.165, 1.54) is 0 Å². The van der Waals surface area contributed by atoms with Gasteiger partial charge in [0.25, 0.3) is 0 Å². The molecular formula is C21H26ClN3O2S. The molecule has 2 aliphatic heterocycles. The van der Waals surface area contributed by atoms with Crippen LogP contribution in [0.25, 0.3) is 0 Å². The molecule has 0 radical (unpaired) electrons. The van der Waals surface area contributed by atoms with Crippen molar-refractivity contribution in [2.75, 3.05) is 54.2 Å². The number of halogens is 1. The number of benzene rings is 2. The van der Waals surface area contributed by atoms with E-state index in [4.69, 9.17) is 11.6 Å². The van der Waals surface area contributed by atoms with E-state index in [0.29, 0.717) is 13.0 Å². The zero-order valence-electron chi connectivity index (χ0n) is 15.9. The van der Waals surface area contributed by atoms with Crippen LogP contribution in [-0.2, 0) is 16.4 Å². The summed E-state index contributed by atoms with van der Waals surface area (Å²) in [4.78, 5) is 4.65. The maximum absolute atomic E-state index is 12.8. The number of hydrogen-bond donors (Lipinski definition) is 0. The van der Waals surface area contributed by atoms with Gasteiger partial charge in [0, 0.05) is 32.7 Å². The van der Waals surface area contributed by atoms with Gasteiger partial charge in [-0.15, -0.1) is 0 Å². The Morgan fingerprint density at radius 2 is 1.54 bits per heavy atom. The van der Waals surface area contributed by atoms with Crippen molar-refractivity contribution in [2.45, 2.75) is 12.8 Å². The van der Waals surface area contributed by atoms with Crippen molar-refractivity contribution in [3.63, 3.8) is 0 Å². The molecule has 0 saturated carbocycles. The van der Waals surface area contributed by atoms with Crippen molar-refractivity contribution in [2.24, 2.45) is 0 Å². The Bertz CT molecular complexity index is 927. The fourth-order valence-electron chi connectivity index (χ4n) is 4.10. The Balaban J connectivity index is 1.27. The van der Waals surface area contributed by atoms with Crippen LogP contribution in [0.5, 0.6) is 0 Å². The Hall–Kier alpha value is -1.76. The number of hydrogen-bond acceptors (Lipinski definition) is 4. The molecule has 7 heteroatoms. The molecule has 0 N–H and O–H groups in total. The zero-order chi connectivity index (χ0) is 19.6. The number of nitrogens with zero attached hydrogens (tertiary/aromatic N) is 3. The smallest absolute Gasteiger partial charge is 0.235 e. The maximum atomic E-state index is 12.8. The van der Waals surface area contributed by atoms with Gasteiger partial charge in [-0.3, -0.25) is 9.21 Å². The molecule has 2 aromatic carbocycles. The van der Waals surface area contributed by atoms with E-state index in [9.17, 15) is 8.42 Å². The molecule has 0 aliphatic carbocycles. The molecule has 1 saturated heterocycles. The molecule has 0 aromatic heterocycles. The summed E-state index contributed by atoms with van der Waals surface area (Å²) in [6, 6.07) is 15.7. The highest BCUT2D eigenvalue weighted by Crippen LogP contribution is 2.30. The fraction of sp³-hybridized carbons (Fsp3) is 0.429.